The first-order chi connectivity index (χ1) is 13.5. The summed E-state index contributed by atoms with van der Waals surface area (Å²) in [4.78, 5) is 29.8. The molecule has 4 rings (SSSR count). The molecule has 1 aliphatic heterocycles. The van der Waals surface area contributed by atoms with Crippen molar-refractivity contribution in [1.82, 2.24) is 4.98 Å². The molecule has 1 heterocycles. The Kier molecular flexibility index (Phi) is 4.31. The number of aryl methyl sites for hydroxylation is 1. The van der Waals surface area contributed by atoms with Gasteiger partial charge in [0, 0.05) is 0 Å². The minimum Gasteiger partial charge on any atom is -0.490 e. The number of carboxylic acid groups (broad SMARTS) is 1. The van der Waals surface area contributed by atoms with E-state index in [2.05, 4.69) is 4.98 Å². The van der Waals surface area contributed by atoms with E-state index in [1.165, 1.54) is 7.11 Å². The van der Waals surface area contributed by atoms with Crippen LogP contribution in [0, 0.1) is 0 Å². The van der Waals surface area contributed by atoms with Gasteiger partial charge in [-0.3, -0.25) is 4.79 Å². The summed E-state index contributed by atoms with van der Waals surface area (Å²) >= 11 is 0. The van der Waals surface area contributed by atoms with Crippen molar-refractivity contribution in [3.63, 3.8) is 0 Å². The molecule has 2 aromatic carbocycles. The highest BCUT2D eigenvalue weighted by molar-refractivity contribution is 6.04. The van der Waals surface area contributed by atoms with E-state index in [0.717, 1.165) is 12.0 Å². The summed E-state index contributed by atoms with van der Waals surface area (Å²) in [6, 6.07) is 14.2. The van der Waals surface area contributed by atoms with Crippen LogP contribution < -0.4 is 10.2 Å². The smallest absolute Gasteiger partial charge is 0.338 e. The number of fused-ring (bicyclic) bond motifs is 2. The molecule has 0 spiro atoms. The van der Waals surface area contributed by atoms with Crippen molar-refractivity contribution < 1.29 is 19.1 Å². The van der Waals surface area contributed by atoms with Crippen LogP contribution >= 0.6 is 0 Å². The maximum Gasteiger partial charge on any atom is 0.338 e. The van der Waals surface area contributed by atoms with Crippen molar-refractivity contribution in [2.45, 2.75) is 13.3 Å². The second kappa shape index (κ2) is 6.81. The molecule has 0 aromatic heterocycles. The van der Waals surface area contributed by atoms with Gasteiger partial charge in [-0.25, -0.2) is 9.78 Å². The summed E-state index contributed by atoms with van der Waals surface area (Å²) in [5.41, 5.74) is 1.89. The predicted octanol–water partition coefficient (Wildman–Crippen LogP) is 4.23. The first kappa shape index (κ1) is 17.7. The number of carboxylic acids is 1. The number of methoxy groups -OCH3 is 1. The van der Waals surface area contributed by atoms with Gasteiger partial charge in [-0.2, -0.15) is 0 Å². The van der Waals surface area contributed by atoms with Gasteiger partial charge in [0.05, 0.1) is 12.7 Å². The molecule has 0 fully saturated rings. The lowest BCUT2D eigenvalue weighted by atomic mass is 9.93. The van der Waals surface area contributed by atoms with E-state index in [1.54, 1.807) is 36.4 Å². The summed E-state index contributed by atoms with van der Waals surface area (Å²) < 4.78 is 11.1. The average molecular weight is 375 g/mol. The second-order valence-electron chi connectivity index (χ2n) is 6.33. The zero-order chi connectivity index (χ0) is 19.8. The van der Waals surface area contributed by atoms with Crippen LogP contribution in [0.1, 0.15) is 22.8 Å². The molecule has 2 aliphatic rings. The van der Waals surface area contributed by atoms with Crippen LogP contribution in [0.5, 0.6) is 5.75 Å². The number of nitrogens with zero attached hydrogens (tertiary/aromatic N) is 1. The van der Waals surface area contributed by atoms with Crippen LogP contribution in [0.4, 0.5) is 0 Å². The summed E-state index contributed by atoms with van der Waals surface area (Å²) in [5.74, 6) is -1.29. The summed E-state index contributed by atoms with van der Waals surface area (Å²) in [6.45, 7) is 2.02. The fourth-order valence-corrected chi connectivity index (χ4v) is 3.31. The standard InChI is InChI=1S/C22H17NO5/c1-3-12-8-10-13(11-9-12)16-17(22(25)26)18-20(21(27-2)19(16)24)28-15-7-5-4-6-14(15)23-18/h4-11H,3H2,1-2H3,(H,25,26). The molecule has 140 valence electrons. The molecule has 0 radical (unpaired) electrons. The summed E-state index contributed by atoms with van der Waals surface area (Å²) in [6.07, 6.45) is 0.837. The number of benzene rings is 3. The molecule has 0 atom stereocenters. The van der Waals surface area contributed by atoms with Crippen molar-refractivity contribution in [2.75, 3.05) is 7.11 Å². The average Bonchev–Trinajstić information content (AvgIpc) is 2.71. The van der Waals surface area contributed by atoms with Crippen molar-refractivity contribution in [3.8, 4) is 28.3 Å². The zero-order valence-corrected chi connectivity index (χ0v) is 15.4. The molecule has 0 unspecified atom stereocenters. The van der Waals surface area contributed by atoms with E-state index in [9.17, 15) is 14.7 Å². The first-order valence-electron chi connectivity index (χ1n) is 8.81. The number of aromatic nitrogens is 1. The lowest BCUT2D eigenvalue weighted by Gasteiger charge is -2.16. The van der Waals surface area contributed by atoms with Crippen molar-refractivity contribution >= 4 is 17.1 Å². The second-order valence-corrected chi connectivity index (χ2v) is 6.33. The number of aromatic carboxylic acids is 1. The van der Waals surface area contributed by atoms with Crippen LogP contribution in [0.15, 0.2) is 57.7 Å². The third kappa shape index (κ3) is 2.70. The van der Waals surface area contributed by atoms with E-state index in [-0.39, 0.29) is 28.3 Å². The molecule has 0 amide bonds. The number of hydrogen-bond donors (Lipinski definition) is 1. The third-order valence-corrected chi connectivity index (χ3v) is 4.72. The SMILES string of the molecule is CCc1ccc(-c2c(C(=O)O)c3nc4ccccc4oc-3c(OC)c2=O)cc1. The largest absolute Gasteiger partial charge is 0.490 e. The fourth-order valence-electron chi connectivity index (χ4n) is 3.31. The van der Waals surface area contributed by atoms with Gasteiger partial charge in [-0.15, -0.1) is 0 Å². The van der Waals surface area contributed by atoms with Crippen molar-refractivity contribution in [2.24, 2.45) is 0 Å². The molecule has 28 heavy (non-hydrogen) atoms. The Hall–Kier alpha value is -3.67. The van der Waals surface area contributed by atoms with Gasteiger partial charge < -0.3 is 14.3 Å². The Bertz CT molecular complexity index is 1220. The lowest BCUT2D eigenvalue weighted by Crippen LogP contribution is -2.18. The summed E-state index contributed by atoms with van der Waals surface area (Å²) in [5, 5.41) is 9.92. The molecule has 6 nitrogen and oxygen atoms in total. The predicted molar refractivity (Wildman–Crippen MR) is 105 cm³/mol. The number of para-hydroxylation sites is 2. The van der Waals surface area contributed by atoms with Gasteiger partial charge in [-0.1, -0.05) is 43.3 Å². The number of rotatable bonds is 4. The van der Waals surface area contributed by atoms with Gasteiger partial charge in [0.25, 0.3) is 0 Å². The Morgan fingerprint density at radius 1 is 1.14 bits per heavy atom. The molecule has 0 saturated carbocycles. The summed E-state index contributed by atoms with van der Waals surface area (Å²) in [7, 11) is 1.35. The quantitative estimate of drug-likeness (QED) is 0.537. The van der Waals surface area contributed by atoms with E-state index in [4.69, 9.17) is 9.15 Å². The fraction of sp³-hybridized carbons (Fsp3) is 0.136. The molecule has 1 N–H and O–H groups in total. The van der Waals surface area contributed by atoms with E-state index in [1.807, 2.05) is 19.1 Å². The van der Waals surface area contributed by atoms with Crippen molar-refractivity contribution in [3.05, 3.63) is 69.9 Å². The number of hydrogen-bond acceptors (Lipinski definition) is 5. The Balaban J connectivity index is 2.17. The van der Waals surface area contributed by atoms with Crippen LogP contribution in [0.3, 0.4) is 0 Å². The van der Waals surface area contributed by atoms with Crippen LogP contribution in [0.2, 0.25) is 0 Å². The molecule has 1 aliphatic carbocycles. The third-order valence-electron chi connectivity index (χ3n) is 4.72. The Labute approximate surface area is 160 Å². The molecule has 6 heteroatoms. The minimum absolute atomic E-state index is 0.0255. The van der Waals surface area contributed by atoms with Crippen LogP contribution in [-0.4, -0.2) is 23.2 Å². The zero-order valence-electron chi connectivity index (χ0n) is 15.4. The maximum absolute atomic E-state index is 13.2. The van der Waals surface area contributed by atoms with Gasteiger partial charge in [0.2, 0.25) is 11.2 Å². The highest BCUT2D eigenvalue weighted by atomic mass is 16.5. The van der Waals surface area contributed by atoms with Gasteiger partial charge in [-0.05, 0) is 29.7 Å². The van der Waals surface area contributed by atoms with Gasteiger partial charge >= 0.3 is 5.97 Å². The number of carbonyl (C=O) groups is 1. The monoisotopic (exact) mass is 375 g/mol. The normalized spacial score (nSPS) is 11.1. The van der Waals surface area contributed by atoms with Gasteiger partial charge in [0.1, 0.15) is 16.8 Å². The molecular formula is C22H17NO5. The van der Waals surface area contributed by atoms with Crippen LogP contribution in [0.25, 0.3) is 33.7 Å². The number of ether oxygens (including phenoxy) is 1. The van der Waals surface area contributed by atoms with E-state index >= 15 is 0 Å². The molecule has 0 bridgehead atoms. The van der Waals surface area contributed by atoms with Crippen LogP contribution in [-0.2, 0) is 6.42 Å². The highest BCUT2D eigenvalue weighted by Crippen LogP contribution is 2.38. The highest BCUT2D eigenvalue weighted by Gasteiger charge is 2.31. The Morgan fingerprint density at radius 3 is 2.50 bits per heavy atom. The molecular weight excluding hydrogens is 358 g/mol. The van der Waals surface area contributed by atoms with Gasteiger partial charge in [0.15, 0.2) is 11.3 Å². The lowest BCUT2D eigenvalue weighted by molar-refractivity contribution is 0.0698. The molecule has 2 aromatic rings. The van der Waals surface area contributed by atoms with Crippen molar-refractivity contribution in [1.29, 1.82) is 0 Å². The topological polar surface area (TPSA) is 89.6 Å². The van der Waals surface area contributed by atoms with E-state index in [0.29, 0.717) is 16.7 Å². The minimum atomic E-state index is -1.25. The Morgan fingerprint density at radius 2 is 1.86 bits per heavy atom. The first-order valence-corrected chi connectivity index (χ1v) is 8.81. The maximum atomic E-state index is 13.2. The molecule has 0 saturated heterocycles. The van der Waals surface area contributed by atoms with E-state index < -0.39 is 11.4 Å².